The van der Waals surface area contributed by atoms with Crippen molar-refractivity contribution in [3.63, 3.8) is 0 Å². The zero-order chi connectivity index (χ0) is 23.7. The van der Waals surface area contributed by atoms with E-state index in [2.05, 4.69) is 20.1 Å². The summed E-state index contributed by atoms with van der Waals surface area (Å²) in [4.78, 5) is 60.5. The van der Waals surface area contributed by atoms with Crippen molar-refractivity contribution >= 4 is 29.7 Å². The summed E-state index contributed by atoms with van der Waals surface area (Å²) < 4.78 is 22.6. The number of nitrogens with two attached hydrogens (primary N) is 1. The van der Waals surface area contributed by atoms with Gasteiger partial charge < -0.3 is 25.8 Å². The first kappa shape index (κ1) is 25.5. The average Bonchev–Trinajstić information content (AvgIpc) is 2.70. The maximum absolute atomic E-state index is 13.5. The molecule has 0 aliphatic rings. The van der Waals surface area contributed by atoms with Crippen LogP contribution >= 0.6 is 0 Å². The fourth-order valence-corrected chi connectivity index (χ4v) is 3.04. The van der Waals surface area contributed by atoms with Gasteiger partial charge >= 0.3 is 11.9 Å². The van der Waals surface area contributed by atoms with E-state index in [-0.39, 0.29) is 6.42 Å². The van der Waals surface area contributed by atoms with E-state index in [1.807, 2.05) is 0 Å². The lowest BCUT2D eigenvalue weighted by Gasteiger charge is -2.28. The molecule has 31 heavy (non-hydrogen) atoms. The molecule has 0 fully saturated rings. The molecule has 3 amide bonds. The molecule has 10 nitrogen and oxygen atoms in total. The average molecular weight is 439 g/mol. The highest BCUT2D eigenvalue weighted by molar-refractivity contribution is 5.97. The Morgan fingerprint density at radius 1 is 1.06 bits per heavy atom. The molecule has 0 aliphatic carbocycles. The number of amides is 3. The van der Waals surface area contributed by atoms with E-state index in [1.54, 1.807) is 6.07 Å². The van der Waals surface area contributed by atoms with E-state index >= 15 is 0 Å². The molecule has 0 bridgehead atoms. The summed E-state index contributed by atoms with van der Waals surface area (Å²) in [7, 11) is 2.10. The Labute approximate surface area is 178 Å². The zero-order valence-corrected chi connectivity index (χ0v) is 17.6. The van der Waals surface area contributed by atoms with Gasteiger partial charge in [-0.15, -0.1) is 0 Å². The van der Waals surface area contributed by atoms with Crippen LogP contribution in [0.4, 0.5) is 4.39 Å². The van der Waals surface area contributed by atoms with E-state index in [0.717, 1.165) is 14.2 Å². The molecule has 4 N–H and O–H groups in total. The van der Waals surface area contributed by atoms with Gasteiger partial charge in [0.2, 0.25) is 17.7 Å². The molecule has 0 spiro atoms. The lowest BCUT2D eigenvalue weighted by molar-refractivity contribution is -0.162. The molecule has 0 heterocycles. The minimum Gasteiger partial charge on any atom is -0.468 e. The Hall–Kier alpha value is -3.50. The van der Waals surface area contributed by atoms with Crippen LogP contribution in [0, 0.1) is 17.7 Å². The first-order valence-corrected chi connectivity index (χ1v) is 9.28. The van der Waals surface area contributed by atoms with Gasteiger partial charge in [0.15, 0.2) is 5.92 Å². The minimum absolute atomic E-state index is 0.0829. The molecular weight excluding hydrogens is 413 g/mol. The minimum atomic E-state index is -1.53. The van der Waals surface area contributed by atoms with Crippen molar-refractivity contribution in [3.8, 4) is 0 Å². The molecule has 0 aromatic heterocycles. The first-order valence-electron chi connectivity index (χ1n) is 9.28. The van der Waals surface area contributed by atoms with Gasteiger partial charge in [0.05, 0.1) is 14.2 Å². The molecule has 0 unspecified atom stereocenters. The van der Waals surface area contributed by atoms with Gasteiger partial charge in [-0.2, -0.15) is 0 Å². The largest absolute Gasteiger partial charge is 0.468 e. The Morgan fingerprint density at radius 3 is 2.10 bits per heavy atom. The molecule has 1 aromatic carbocycles. The summed E-state index contributed by atoms with van der Waals surface area (Å²) in [5.74, 6) is -7.52. The number of hydrogen-bond donors (Lipinski definition) is 3. The van der Waals surface area contributed by atoms with Gasteiger partial charge in [-0.25, -0.2) is 4.39 Å². The fourth-order valence-electron chi connectivity index (χ4n) is 3.04. The van der Waals surface area contributed by atoms with E-state index in [0.29, 0.717) is 5.56 Å². The number of methoxy groups -OCH3 is 2. The van der Waals surface area contributed by atoms with Crippen LogP contribution < -0.4 is 16.4 Å². The Bertz CT molecular complexity index is 830. The maximum atomic E-state index is 13.5. The molecule has 11 heteroatoms. The molecule has 0 saturated carbocycles. The number of halogens is 1. The Kier molecular flexibility index (Phi) is 9.58. The monoisotopic (exact) mass is 439 g/mol. The third kappa shape index (κ3) is 7.36. The Morgan fingerprint density at radius 2 is 1.65 bits per heavy atom. The normalized spacial score (nSPS) is 13.5. The Balaban J connectivity index is 3.14. The molecule has 3 atom stereocenters. The predicted octanol–water partition coefficient (Wildman–Crippen LogP) is -0.559. The SMILES string of the molecule is COC(=O)C(C(=O)OC)[C@H](C)[C@@H](NC(=O)[C@H](Cc1cccc(F)c1)NC(C)=O)C(N)=O. The van der Waals surface area contributed by atoms with E-state index < -0.39 is 59.4 Å². The van der Waals surface area contributed by atoms with E-state index in [9.17, 15) is 28.4 Å². The summed E-state index contributed by atoms with van der Waals surface area (Å²) in [5, 5.41) is 4.78. The van der Waals surface area contributed by atoms with Gasteiger partial charge in [0.1, 0.15) is 17.9 Å². The zero-order valence-electron chi connectivity index (χ0n) is 17.6. The second-order valence-electron chi connectivity index (χ2n) is 6.86. The molecule has 0 saturated heterocycles. The van der Waals surface area contributed by atoms with Crippen molar-refractivity contribution in [1.82, 2.24) is 10.6 Å². The highest BCUT2D eigenvalue weighted by atomic mass is 19.1. The van der Waals surface area contributed by atoms with Crippen molar-refractivity contribution in [1.29, 1.82) is 0 Å². The molecule has 170 valence electrons. The van der Waals surface area contributed by atoms with Crippen molar-refractivity contribution in [2.24, 2.45) is 17.6 Å². The number of primary amides is 1. The van der Waals surface area contributed by atoms with E-state index in [4.69, 9.17) is 5.73 Å². The van der Waals surface area contributed by atoms with E-state index in [1.165, 1.54) is 32.0 Å². The number of carbonyl (C=O) groups excluding carboxylic acids is 5. The second kappa shape index (κ2) is 11.6. The molecular formula is C20H26FN3O7. The first-order chi connectivity index (χ1) is 14.5. The van der Waals surface area contributed by atoms with Crippen LogP contribution in [0.3, 0.4) is 0 Å². The van der Waals surface area contributed by atoms with Gasteiger partial charge in [-0.05, 0) is 17.7 Å². The lowest BCUT2D eigenvalue weighted by Crippen LogP contribution is -2.57. The number of esters is 2. The summed E-state index contributed by atoms with van der Waals surface area (Å²) >= 11 is 0. The molecule has 1 aromatic rings. The molecule has 1 rings (SSSR count). The van der Waals surface area contributed by atoms with Crippen LogP contribution in [-0.2, 0) is 39.9 Å². The molecule has 0 aliphatic heterocycles. The summed E-state index contributed by atoms with van der Waals surface area (Å²) in [5.41, 5.74) is 5.80. The fraction of sp³-hybridized carbons (Fsp3) is 0.450. The lowest BCUT2D eigenvalue weighted by atomic mass is 9.86. The number of hydrogen-bond acceptors (Lipinski definition) is 7. The second-order valence-corrected chi connectivity index (χ2v) is 6.86. The number of nitrogens with one attached hydrogen (secondary N) is 2. The van der Waals surface area contributed by atoms with Gasteiger partial charge in [-0.3, -0.25) is 24.0 Å². The van der Waals surface area contributed by atoms with Crippen LogP contribution in [0.15, 0.2) is 24.3 Å². The highest BCUT2D eigenvalue weighted by Crippen LogP contribution is 2.20. The number of ether oxygens (including phenoxy) is 2. The third-order valence-corrected chi connectivity index (χ3v) is 4.59. The topological polar surface area (TPSA) is 154 Å². The van der Waals surface area contributed by atoms with Crippen molar-refractivity contribution in [2.45, 2.75) is 32.4 Å². The van der Waals surface area contributed by atoms with Crippen LogP contribution in [0.2, 0.25) is 0 Å². The third-order valence-electron chi connectivity index (χ3n) is 4.59. The maximum Gasteiger partial charge on any atom is 0.320 e. The summed E-state index contributed by atoms with van der Waals surface area (Å²) in [6, 6.07) is 2.77. The van der Waals surface area contributed by atoms with Crippen molar-refractivity contribution < 1.29 is 37.8 Å². The van der Waals surface area contributed by atoms with Crippen LogP contribution in [0.1, 0.15) is 19.4 Å². The number of rotatable bonds is 10. The standard InChI is InChI=1S/C20H26FN3O7/c1-10(15(19(28)30-3)20(29)31-4)16(17(22)26)24-18(27)14(23-11(2)25)9-12-6-5-7-13(21)8-12/h5-8,10,14-16H,9H2,1-4H3,(H2,22,26)(H,23,25)(H,24,27)/t10-,14-,16+/m0/s1. The summed E-state index contributed by atoms with van der Waals surface area (Å²) in [6.07, 6.45) is -0.0829. The predicted molar refractivity (Wildman–Crippen MR) is 106 cm³/mol. The highest BCUT2D eigenvalue weighted by Gasteiger charge is 2.41. The summed E-state index contributed by atoms with van der Waals surface area (Å²) in [6.45, 7) is 2.53. The van der Waals surface area contributed by atoms with Crippen LogP contribution in [0.25, 0.3) is 0 Å². The van der Waals surface area contributed by atoms with Crippen molar-refractivity contribution in [2.75, 3.05) is 14.2 Å². The number of benzene rings is 1. The van der Waals surface area contributed by atoms with Gasteiger partial charge in [0, 0.05) is 19.3 Å². The van der Waals surface area contributed by atoms with Gasteiger partial charge in [-0.1, -0.05) is 19.1 Å². The van der Waals surface area contributed by atoms with Crippen molar-refractivity contribution in [3.05, 3.63) is 35.6 Å². The molecule has 0 radical (unpaired) electrons. The smallest absolute Gasteiger partial charge is 0.320 e. The van der Waals surface area contributed by atoms with Crippen LogP contribution in [0.5, 0.6) is 0 Å². The quantitative estimate of drug-likeness (QED) is 0.326. The van der Waals surface area contributed by atoms with Gasteiger partial charge in [0.25, 0.3) is 0 Å². The van der Waals surface area contributed by atoms with Crippen LogP contribution in [-0.4, -0.2) is 56.0 Å². The number of carbonyl (C=O) groups is 5.